The van der Waals surface area contributed by atoms with E-state index in [2.05, 4.69) is 10.3 Å². The van der Waals surface area contributed by atoms with Crippen LogP contribution < -0.4 is 11.0 Å². The van der Waals surface area contributed by atoms with E-state index in [-0.39, 0.29) is 24.3 Å². The SMILES string of the molecule is O=C(Cn1c(=O)[nH]c2ccccc21)NCC(O)c1ccccc1F. The number of fused-ring (bicyclic) bond motifs is 1. The van der Waals surface area contributed by atoms with Crippen molar-refractivity contribution in [2.75, 3.05) is 6.54 Å². The Labute approximate surface area is 136 Å². The van der Waals surface area contributed by atoms with Crippen molar-refractivity contribution in [2.24, 2.45) is 0 Å². The maximum absolute atomic E-state index is 13.6. The van der Waals surface area contributed by atoms with Crippen molar-refractivity contribution in [1.82, 2.24) is 14.9 Å². The molecule has 0 saturated heterocycles. The molecule has 1 amide bonds. The van der Waals surface area contributed by atoms with Gasteiger partial charge < -0.3 is 15.4 Å². The largest absolute Gasteiger partial charge is 0.386 e. The highest BCUT2D eigenvalue weighted by atomic mass is 19.1. The second kappa shape index (κ2) is 6.67. The number of para-hydroxylation sites is 2. The van der Waals surface area contributed by atoms with Gasteiger partial charge in [0.25, 0.3) is 0 Å². The molecule has 3 rings (SSSR count). The second-order valence-electron chi connectivity index (χ2n) is 5.37. The first-order valence-corrected chi connectivity index (χ1v) is 7.43. The fourth-order valence-electron chi connectivity index (χ4n) is 2.53. The number of hydrogen-bond donors (Lipinski definition) is 3. The number of amides is 1. The minimum absolute atomic E-state index is 0.113. The molecule has 24 heavy (non-hydrogen) atoms. The highest BCUT2D eigenvalue weighted by Crippen LogP contribution is 2.15. The number of carbonyl (C=O) groups excluding carboxylic acids is 1. The second-order valence-corrected chi connectivity index (χ2v) is 5.37. The Kier molecular flexibility index (Phi) is 4.43. The van der Waals surface area contributed by atoms with Gasteiger partial charge in [0, 0.05) is 12.1 Å². The number of aliphatic hydroxyl groups excluding tert-OH is 1. The molecule has 6 nitrogen and oxygen atoms in total. The van der Waals surface area contributed by atoms with Gasteiger partial charge in [-0.05, 0) is 18.2 Å². The van der Waals surface area contributed by atoms with Crippen molar-refractivity contribution >= 4 is 16.9 Å². The number of H-pyrrole nitrogens is 1. The highest BCUT2D eigenvalue weighted by Gasteiger charge is 2.15. The molecular weight excluding hydrogens is 313 g/mol. The van der Waals surface area contributed by atoms with Gasteiger partial charge in [0.05, 0.1) is 17.1 Å². The average molecular weight is 329 g/mol. The summed E-state index contributed by atoms with van der Waals surface area (Å²) in [4.78, 5) is 26.6. The predicted octanol–water partition coefficient (Wildman–Crippen LogP) is 1.32. The zero-order valence-corrected chi connectivity index (χ0v) is 12.7. The zero-order chi connectivity index (χ0) is 17.1. The molecule has 1 unspecified atom stereocenters. The minimum Gasteiger partial charge on any atom is -0.386 e. The predicted molar refractivity (Wildman–Crippen MR) is 86.9 cm³/mol. The number of aromatic amines is 1. The maximum Gasteiger partial charge on any atom is 0.326 e. The van der Waals surface area contributed by atoms with Crippen LogP contribution in [0, 0.1) is 5.82 Å². The molecule has 2 aromatic carbocycles. The number of nitrogens with one attached hydrogen (secondary N) is 2. The average Bonchev–Trinajstić information content (AvgIpc) is 2.89. The Hall–Kier alpha value is -2.93. The van der Waals surface area contributed by atoms with Gasteiger partial charge in [0.15, 0.2) is 0 Å². The van der Waals surface area contributed by atoms with Crippen LogP contribution in [0.4, 0.5) is 4.39 Å². The third-order valence-electron chi connectivity index (χ3n) is 3.74. The fourth-order valence-corrected chi connectivity index (χ4v) is 2.53. The Morgan fingerprint density at radius 1 is 1.21 bits per heavy atom. The van der Waals surface area contributed by atoms with Gasteiger partial charge >= 0.3 is 5.69 Å². The number of carbonyl (C=O) groups is 1. The topological polar surface area (TPSA) is 87.1 Å². The van der Waals surface area contributed by atoms with E-state index in [1.165, 1.54) is 22.8 Å². The van der Waals surface area contributed by atoms with Crippen LogP contribution >= 0.6 is 0 Å². The number of imidazole rings is 1. The van der Waals surface area contributed by atoms with Crippen molar-refractivity contribution in [3.8, 4) is 0 Å². The Morgan fingerprint density at radius 3 is 2.71 bits per heavy atom. The van der Waals surface area contributed by atoms with Gasteiger partial charge in [0.2, 0.25) is 5.91 Å². The van der Waals surface area contributed by atoms with Crippen molar-refractivity contribution in [3.63, 3.8) is 0 Å². The van der Waals surface area contributed by atoms with E-state index in [9.17, 15) is 19.1 Å². The number of nitrogens with zero attached hydrogens (tertiary/aromatic N) is 1. The van der Waals surface area contributed by atoms with E-state index in [0.29, 0.717) is 11.0 Å². The summed E-state index contributed by atoms with van der Waals surface area (Å²) in [6, 6.07) is 12.9. The standard InChI is InChI=1S/C17H16FN3O3/c18-12-6-2-1-5-11(12)15(22)9-19-16(23)10-21-14-8-4-3-7-13(14)20-17(21)24/h1-8,15,22H,9-10H2,(H,19,23)(H,20,24). The van der Waals surface area contributed by atoms with Crippen LogP contribution in [0.3, 0.4) is 0 Å². The molecule has 0 aliphatic carbocycles. The third kappa shape index (κ3) is 3.21. The van der Waals surface area contributed by atoms with Crippen LogP contribution in [-0.4, -0.2) is 27.1 Å². The molecule has 0 spiro atoms. The van der Waals surface area contributed by atoms with E-state index in [0.717, 1.165) is 0 Å². The van der Waals surface area contributed by atoms with E-state index < -0.39 is 17.8 Å². The Morgan fingerprint density at radius 2 is 1.92 bits per heavy atom. The number of aliphatic hydroxyl groups is 1. The first kappa shape index (κ1) is 15.9. The molecule has 0 fully saturated rings. The minimum atomic E-state index is -1.16. The highest BCUT2D eigenvalue weighted by molar-refractivity contribution is 5.80. The monoisotopic (exact) mass is 329 g/mol. The molecular formula is C17H16FN3O3. The lowest BCUT2D eigenvalue weighted by molar-refractivity contribution is -0.122. The van der Waals surface area contributed by atoms with E-state index in [4.69, 9.17) is 0 Å². The van der Waals surface area contributed by atoms with Crippen molar-refractivity contribution < 1.29 is 14.3 Å². The van der Waals surface area contributed by atoms with Crippen molar-refractivity contribution in [3.05, 3.63) is 70.4 Å². The van der Waals surface area contributed by atoms with Crippen LogP contribution in [0.2, 0.25) is 0 Å². The number of halogens is 1. The molecule has 0 bridgehead atoms. The van der Waals surface area contributed by atoms with Crippen LogP contribution in [0.25, 0.3) is 11.0 Å². The first-order valence-electron chi connectivity index (χ1n) is 7.43. The summed E-state index contributed by atoms with van der Waals surface area (Å²) in [5.41, 5.74) is 0.983. The molecule has 1 aromatic heterocycles. The van der Waals surface area contributed by atoms with E-state index in [1.54, 1.807) is 30.3 Å². The van der Waals surface area contributed by atoms with Crippen molar-refractivity contribution in [1.29, 1.82) is 0 Å². The van der Waals surface area contributed by atoms with Gasteiger partial charge in [-0.2, -0.15) is 0 Å². The molecule has 1 atom stereocenters. The summed E-state index contributed by atoms with van der Waals surface area (Å²) in [7, 11) is 0. The molecule has 1 heterocycles. The van der Waals surface area contributed by atoms with Crippen LogP contribution in [0.1, 0.15) is 11.7 Å². The quantitative estimate of drug-likeness (QED) is 0.660. The Balaban J connectivity index is 1.66. The zero-order valence-electron chi connectivity index (χ0n) is 12.7. The van der Waals surface area contributed by atoms with E-state index in [1.807, 2.05) is 0 Å². The van der Waals surface area contributed by atoms with Gasteiger partial charge in [-0.1, -0.05) is 30.3 Å². The fraction of sp³-hybridized carbons (Fsp3) is 0.176. The number of benzene rings is 2. The molecule has 0 aliphatic heterocycles. The molecule has 0 saturated carbocycles. The summed E-state index contributed by atoms with van der Waals surface area (Å²) >= 11 is 0. The van der Waals surface area contributed by atoms with Crippen molar-refractivity contribution in [2.45, 2.75) is 12.6 Å². The van der Waals surface area contributed by atoms with Gasteiger partial charge in [-0.3, -0.25) is 9.36 Å². The van der Waals surface area contributed by atoms with Crippen LogP contribution in [-0.2, 0) is 11.3 Å². The molecule has 124 valence electrons. The number of rotatable bonds is 5. The van der Waals surface area contributed by atoms with Gasteiger partial charge in [0.1, 0.15) is 12.4 Å². The van der Waals surface area contributed by atoms with Crippen LogP contribution in [0.5, 0.6) is 0 Å². The van der Waals surface area contributed by atoms with Gasteiger partial charge in [-0.15, -0.1) is 0 Å². The lowest BCUT2D eigenvalue weighted by Crippen LogP contribution is -2.34. The van der Waals surface area contributed by atoms with E-state index >= 15 is 0 Å². The lowest BCUT2D eigenvalue weighted by atomic mass is 10.1. The molecule has 3 aromatic rings. The summed E-state index contributed by atoms with van der Waals surface area (Å²) < 4.78 is 14.9. The normalized spacial score (nSPS) is 12.2. The smallest absolute Gasteiger partial charge is 0.326 e. The molecule has 0 aliphatic rings. The number of aromatic nitrogens is 2. The summed E-state index contributed by atoms with van der Waals surface area (Å²) in [6.45, 7) is -0.330. The van der Waals surface area contributed by atoms with Gasteiger partial charge in [-0.25, -0.2) is 9.18 Å². The number of hydrogen-bond acceptors (Lipinski definition) is 3. The summed E-state index contributed by atoms with van der Waals surface area (Å²) in [5, 5.41) is 12.5. The molecule has 0 radical (unpaired) electrons. The molecule has 7 heteroatoms. The molecule has 3 N–H and O–H groups in total. The summed E-state index contributed by atoms with van der Waals surface area (Å²) in [6.07, 6.45) is -1.16. The summed E-state index contributed by atoms with van der Waals surface area (Å²) in [5.74, 6) is -0.982. The maximum atomic E-state index is 13.6. The third-order valence-corrected chi connectivity index (χ3v) is 3.74. The van der Waals surface area contributed by atoms with Crippen LogP contribution in [0.15, 0.2) is 53.3 Å². The first-order chi connectivity index (χ1) is 11.6. The Bertz CT molecular complexity index is 932. The lowest BCUT2D eigenvalue weighted by Gasteiger charge is -2.13.